The molecule has 0 aliphatic heterocycles. The molecular formula is C6HBrF3N3O2S. The summed E-state index contributed by atoms with van der Waals surface area (Å²) in [4.78, 5) is 14.0. The summed E-state index contributed by atoms with van der Waals surface area (Å²) in [6.07, 6.45) is -4.56. The molecule has 0 amide bonds. The van der Waals surface area contributed by atoms with Gasteiger partial charge in [0.25, 0.3) is 0 Å². The second-order valence-corrected chi connectivity index (χ2v) is 4.36. The van der Waals surface area contributed by atoms with Gasteiger partial charge in [-0.15, -0.1) is 5.10 Å². The lowest BCUT2D eigenvalue weighted by Crippen LogP contribution is -2.05. The van der Waals surface area contributed by atoms with E-state index in [9.17, 15) is 18.0 Å². The number of hydrogen-bond donors (Lipinski definition) is 1. The lowest BCUT2D eigenvalue weighted by atomic mass is 10.5. The van der Waals surface area contributed by atoms with E-state index in [4.69, 9.17) is 5.11 Å². The maximum atomic E-state index is 12.3. The Balaban J connectivity index is 2.63. The highest BCUT2D eigenvalue weighted by atomic mass is 79.9. The minimum absolute atomic E-state index is 0.109. The number of fused-ring (bicyclic) bond motifs is 1. The number of carbonyl (C=O) groups is 1. The molecule has 10 heteroatoms. The molecule has 86 valence electrons. The topological polar surface area (TPSA) is 67.5 Å². The van der Waals surface area contributed by atoms with Gasteiger partial charge >= 0.3 is 12.1 Å². The lowest BCUT2D eigenvalue weighted by molar-refractivity contribution is -0.138. The Hall–Kier alpha value is -1.16. The van der Waals surface area contributed by atoms with Gasteiger partial charge in [0.2, 0.25) is 9.97 Å². The quantitative estimate of drug-likeness (QED) is 0.876. The highest BCUT2D eigenvalue weighted by Crippen LogP contribution is 2.34. The predicted molar refractivity (Wildman–Crippen MR) is 50.5 cm³/mol. The monoisotopic (exact) mass is 315 g/mol. The molecule has 2 rings (SSSR count). The Morgan fingerprint density at radius 2 is 2.12 bits per heavy atom. The van der Waals surface area contributed by atoms with Crippen molar-refractivity contribution in [3.63, 3.8) is 0 Å². The van der Waals surface area contributed by atoms with E-state index in [1.165, 1.54) is 0 Å². The number of hydrogen-bond acceptors (Lipinski definition) is 4. The number of rotatable bonds is 1. The molecule has 0 aromatic carbocycles. The van der Waals surface area contributed by atoms with Crippen LogP contribution in [0.3, 0.4) is 0 Å². The van der Waals surface area contributed by atoms with Crippen LogP contribution in [-0.2, 0) is 6.18 Å². The Morgan fingerprint density at radius 3 is 2.56 bits per heavy atom. The molecule has 0 fully saturated rings. The van der Waals surface area contributed by atoms with Crippen molar-refractivity contribution >= 4 is 38.2 Å². The Kier molecular flexibility index (Phi) is 2.42. The molecule has 2 aromatic heterocycles. The number of alkyl halides is 3. The van der Waals surface area contributed by atoms with Crippen molar-refractivity contribution in [3.8, 4) is 0 Å². The van der Waals surface area contributed by atoms with Crippen molar-refractivity contribution in [2.45, 2.75) is 6.18 Å². The molecule has 0 atom stereocenters. The smallest absolute Gasteiger partial charge is 0.445 e. The van der Waals surface area contributed by atoms with Gasteiger partial charge in [0, 0.05) is 0 Å². The zero-order valence-electron chi connectivity index (χ0n) is 7.12. The molecule has 0 aliphatic rings. The van der Waals surface area contributed by atoms with Crippen LogP contribution in [0.5, 0.6) is 0 Å². The molecule has 0 saturated heterocycles. The van der Waals surface area contributed by atoms with Gasteiger partial charge in [-0.2, -0.15) is 17.7 Å². The maximum absolute atomic E-state index is 12.3. The first-order valence-electron chi connectivity index (χ1n) is 3.66. The lowest BCUT2D eigenvalue weighted by Gasteiger charge is -1.98. The molecule has 1 N–H and O–H groups in total. The van der Waals surface area contributed by atoms with Gasteiger partial charge < -0.3 is 5.11 Å². The van der Waals surface area contributed by atoms with E-state index >= 15 is 0 Å². The van der Waals surface area contributed by atoms with E-state index in [1.807, 2.05) is 0 Å². The molecule has 0 unspecified atom stereocenters. The Morgan fingerprint density at radius 1 is 1.50 bits per heavy atom. The number of nitrogens with zero attached hydrogens (tertiary/aromatic N) is 3. The van der Waals surface area contributed by atoms with E-state index in [-0.39, 0.29) is 26.6 Å². The maximum Gasteiger partial charge on any atom is 0.445 e. The van der Waals surface area contributed by atoms with E-state index in [2.05, 4.69) is 26.0 Å². The predicted octanol–water partition coefficient (Wildman–Crippen LogP) is 2.27. The van der Waals surface area contributed by atoms with Gasteiger partial charge in [-0.05, 0) is 15.9 Å². The van der Waals surface area contributed by atoms with Crippen molar-refractivity contribution in [2.75, 3.05) is 0 Å². The first-order chi connectivity index (χ1) is 7.30. The first kappa shape index (κ1) is 11.3. The third-order valence-electron chi connectivity index (χ3n) is 1.59. The zero-order chi connectivity index (χ0) is 12.1. The van der Waals surface area contributed by atoms with Crippen molar-refractivity contribution in [1.29, 1.82) is 0 Å². The van der Waals surface area contributed by atoms with Crippen molar-refractivity contribution in [2.24, 2.45) is 0 Å². The number of carboxylic acid groups (broad SMARTS) is 1. The van der Waals surface area contributed by atoms with Gasteiger partial charge in [-0.25, -0.2) is 9.78 Å². The fraction of sp³-hybridized carbons (Fsp3) is 0.167. The summed E-state index contributed by atoms with van der Waals surface area (Å²) in [5, 5.41) is 10.8. The largest absolute Gasteiger partial charge is 0.476 e. The summed E-state index contributed by atoms with van der Waals surface area (Å²) in [6, 6.07) is 0. The van der Waals surface area contributed by atoms with E-state index < -0.39 is 17.2 Å². The summed E-state index contributed by atoms with van der Waals surface area (Å²) < 4.78 is 37.5. The standard InChI is InChI=1S/C6HBrF3N3O2S/c7-2-1(3(14)15)11-5-13(2)12-4(16-5)6(8,9)10/h(H,14,15). The Bertz CT molecular complexity index is 575. The molecule has 0 spiro atoms. The number of aromatic nitrogens is 3. The average molecular weight is 316 g/mol. The number of halogens is 4. The fourth-order valence-electron chi connectivity index (χ4n) is 0.974. The van der Waals surface area contributed by atoms with Gasteiger partial charge in [0.15, 0.2) is 5.69 Å². The van der Waals surface area contributed by atoms with Crippen molar-refractivity contribution < 1.29 is 23.1 Å². The summed E-state index contributed by atoms with van der Waals surface area (Å²) in [7, 11) is 0. The molecule has 16 heavy (non-hydrogen) atoms. The summed E-state index contributed by atoms with van der Waals surface area (Å²) in [6.45, 7) is 0. The van der Waals surface area contributed by atoms with E-state index in [0.717, 1.165) is 4.52 Å². The fourth-order valence-corrected chi connectivity index (χ4v) is 2.36. The van der Waals surface area contributed by atoms with Crippen molar-refractivity contribution in [1.82, 2.24) is 14.6 Å². The van der Waals surface area contributed by atoms with Crippen LogP contribution >= 0.6 is 27.3 Å². The second kappa shape index (κ2) is 3.42. The van der Waals surface area contributed by atoms with Crippen LogP contribution in [-0.4, -0.2) is 25.7 Å². The molecule has 5 nitrogen and oxygen atoms in total. The number of imidazole rings is 1. The van der Waals surface area contributed by atoms with E-state index in [1.54, 1.807) is 0 Å². The molecular weight excluding hydrogens is 315 g/mol. The summed E-state index contributed by atoms with van der Waals surface area (Å²) in [5.41, 5.74) is -0.368. The highest BCUT2D eigenvalue weighted by Gasteiger charge is 2.36. The number of aromatic carboxylic acids is 1. The van der Waals surface area contributed by atoms with Crippen LogP contribution in [0.1, 0.15) is 15.5 Å². The van der Waals surface area contributed by atoms with Crippen molar-refractivity contribution in [3.05, 3.63) is 15.3 Å². The minimum Gasteiger partial charge on any atom is -0.476 e. The Labute approximate surface area is 97.6 Å². The van der Waals surface area contributed by atoms with Crippen LogP contribution in [0, 0.1) is 0 Å². The molecule has 0 bridgehead atoms. The highest BCUT2D eigenvalue weighted by molar-refractivity contribution is 9.10. The van der Waals surface area contributed by atoms with Crippen LogP contribution in [0.2, 0.25) is 0 Å². The minimum atomic E-state index is -4.56. The average Bonchev–Trinajstić information content (AvgIpc) is 2.64. The SMILES string of the molecule is O=C(O)c1nc2sc(C(F)(F)F)nn2c1Br. The second-order valence-electron chi connectivity index (χ2n) is 2.66. The molecule has 0 aliphatic carbocycles. The first-order valence-corrected chi connectivity index (χ1v) is 5.27. The normalized spacial score (nSPS) is 12.2. The van der Waals surface area contributed by atoms with Gasteiger partial charge in [-0.3, -0.25) is 0 Å². The summed E-state index contributed by atoms with van der Waals surface area (Å²) >= 11 is 3.11. The van der Waals surface area contributed by atoms with E-state index in [0.29, 0.717) is 0 Å². The molecule has 0 radical (unpaired) electrons. The van der Waals surface area contributed by atoms with Gasteiger partial charge in [0.1, 0.15) is 4.60 Å². The number of carboxylic acids is 1. The third kappa shape index (κ3) is 1.67. The summed E-state index contributed by atoms with van der Waals surface area (Å²) in [5.74, 6) is -1.34. The molecule has 0 saturated carbocycles. The van der Waals surface area contributed by atoms with Crippen LogP contribution < -0.4 is 0 Å². The zero-order valence-corrected chi connectivity index (χ0v) is 9.52. The molecule has 2 heterocycles. The third-order valence-corrected chi connectivity index (χ3v) is 3.26. The van der Waals surface area contributed by atoms with Crippen LogP contribution in [0.15, 0.2) is 4.60 Å². The van der Waals surface area contributed by atoms with Crippen LogP contribution in [0.25, 0.3) is 4.96 Å². The van der Waals surface area contributed by atoms with Crippen LogP contribution in [0.4, 0.5) is 13.2 Å². The van der Waals surface area contributed by atoms with Gasteiger partial charge in [-0.1, -0.05) is 11.3 Å². The molecule has 2 aromatic rings. The van der Waals surface area contributed by atoms with Gasteiger partial charge in [0.05, 0.1) is 0 Å².